The highest BCUT2D eigenvalue weighted by Gasteiger charge is 2.26. The van der Waals surface area contributed by atoms with Gasteiger partial charge in [0.2, 0.25) is 11.5 Å². The molecule has 7 rings (SSSR count). The largest absolute Gasteiger partial charge is 0.481 e. The van der Waals surface area contributed by atoms with Crippen molar-refractivity contribution in [2.75, 3.05) is 18.0 Å². The number of carboxylic acid groups (broad SMARTS) is 1. The monoisotopic (exact) mass is 612 g/mol. The predicted octanol–water partition coefficient (Wildman–Crippen LogP) is 9.65. The average Bonchev–Trinajstić information content (AvgIpc) is 3.77. The summed E-state index contributed by atoms with van der Waals surface area (Å²) >= 11 is 0. The molecular formula is C38H36N4O4. The van der Waals surface area contributed by atoms with Gasteiger partial charge in [0.1, 0.15) is 11.1 Å². The van der Waals surface area contributed by atoms with Crippen LogP contribution < -0.4 is 4.90 Å². The van der Waals surface area contributed by atoms with Crippen LogP contribution in [0.1, 0.15) is 57.9 Å². The molecule has 0 aliphatic carbocycles. The summed E-state index contributed by atoms with van der Waals surface area (Å²) < 4.78 is 15.5. The number of hydrogen-bond donors (Lipinski definition) is 1. The number of unbranched alkanes of at least 4 members (excludes halogenated alkanes) is 2. The molecule has 1 N–H and O–H groups in total. The molecule has 0 unspecified atom stereocenters. The Morgan fingerprint density at radius 1 is 0.913 bits per heavy atom. The van der Waals surface area contributed by atoms with Crippen molar-refractivity contribution in [1.82, 2.24) is 9.55 Å². The lowest BCUT2D eigenvalue weighted by molar-refractivity contribution is -0.137. The first-order valence-electron chi connectivity index (χ1n) is 16.2. The van der Waals surface area contributed by atoms with Gasteiger partial charge in [0, 0.05) is 70.4 Å². The third-order valence-electron chi connectivity index (χ3n) is 8.91. The van der Waals surface area contributed by atoms with Crippen molar-refractivity contribution in [2.45, 2.75) is 58.9 Å². The molecule has 0 amide bonds. The van der Waals surface area contributed by atoms with Crippen LogP contribution in [0.4, 0.5) is 5.69 Å². The zero-order valence-electron chi connectivity index (χ0n) is 26.2. The van der Waals surface area contributed by atoms with E-state index in [9.17, 15) is 15.2 Å². The number of hydrogen-bond acceptors (Lipinski definition) is 6. The Morgan fingerprint density at radius 3 is 2.39 bits per heavy atom. The van der Waals surface area contributed by atoms with E-state index in [1.807, 2.05) is 24.3 Å². The molecule has 0 spiro atoms. The molecule has 46 heavy (non-hydrogen) atoms. The van der Waals surface area contributed by atoms with Crippen LogP contribution >= 0.6 is 0 Å². The minimum atomic E-state index is -0.818. The van der Waals surface area contributed by atoms with Gasteiger partial charge in [-0.2, -0.15) is 5.26 Å². The van der Waals surface area contributed by atoms with E-state index in [1.54, 1.807) is 12.1 Å². The second-order valence-corrected chi connectivity index (χ2v) is 12.0. The summed E-state index contributed by atoms with van der Waals surface area (Å²) in [6.45, 7) is 6.95. The normalized spacial score (nSPS) is 11.8. The molecule has 3 heterocycles. The molecule has 8 nitrogen and oxygen atoms in total. The minimum absolute atomic E-state index is 0.0681. The van der Waals surface area contributed by atoms with E-state index in [0.717, 1.165) is 88.2 Å². The summed E-state index contributed by atoms with van der Waals surface area (Å²) in [4.78, 5) is 19.0. The topological polar surface area (TPSA) is 108 Å². The SMILES string of the molecule is CCCCN(CCCC)c1ccc2c(c1)oc1c3oc(-c4ccc(C#N)cc4)nc3c3c(c4ccccc4n3CCCC(=O)O)c21. The number of oxazole rings is 1. The highest BCUT2D eigenvalue weighted by atomic mass is 16.4. The number of nitriles is 1. The molecule has 0 aliphatic heterocycles. The first-order chi connectivity index (χ1) is 22.5. The van der Waals surface area contributed by atoms with Gasteiger partial charge >= 0.3 is 5.97 Å². The maximum atomic E-state index is 11.5. The van der Waals surface area contributed by atoms with Crippen molar-refractivity contribution in [3.63, 3.8) is 0 Å². The van der Waals surface area contributed by atoms with Crippen LogP contribution in [-0.4, -0.2) is 33.7 Å². The van der Waals surface area contributed by atoms with E-state index in [4.69, 9.17) is 13.8 Å². The molecule has 0 saturated heterocycles. The van der Waals surface area contributed by atoms with Gasteiger partial charge in [0.25, 0.3) is 0 Å². The maximum Gasteiger partial charge on any atom is 0.303 e. The fraction of sp³-hybridized carbons (Fsp3) is 0.289. The Kier molecular flexibility index (Phi) is 7.83. The number of nitrogens with zero attached hydrogens (tertiary/aromatic N) is 4. The van der Waals surface area contributed by atoms with E-state index >= 15 is 0 Å². The zero-order valence-corrected chi connectivity index (χ0v) is 26.2. The van der Waals surface area contributed by atoms with Gasteiger partial charge in [-0.1, -0.05) is 44.9 Å². The molecule has 0 radical (unpaired) electrons. The number of aliphatic carboxylic acids is 1. The minimum Gasteiger partial charge on any atom is -0.481 e. The van der Waals surface area contributed by atoms with Gasteiger partial charge in [-0.25, -0.2) is 4.98 Å². The van der Waals surface area contributed by atoms with Gasteiger partial charge in [-0.3, -0.25) is 4.79 Å². The van der Waals surface area contributed by atoms with E-state index in [-0.39, 0.29) is 6.42 Å². The second-order valence-electron chi connectivity index (χ2n) is 12.0. The number of aryl methyl sites for hydroxylation is 1. The number of carboxylic acids is 1. The van der Waals surface area contributed by atoms with Gasteiger partial charge in [-0.15, -0.1) is 0 Å². The maximum absolute atomic E-state index is 11.5. The standard InChI is InChI=1S/C38H36N4O4/c1-3-5-19-41(20-6-4-2)26-17-18-28-30(22-26)45-36-33(28)32-27-10-7-8-11-29(27)42(21-9-12-31(43)44)35(32)34-37(36)46-38(40-34)25-15-13-24(23-39)14-16-25/h7-8,10-11,13-18,22H,3-6,9,12,19-21H2,1-2H3,(H,43,44). The van der Waals surface area contributed by atoms with Crippen molar-refractivity contribution in [3.05, 3.63) is 72.3 Å². The number of aromatic nitrogens is 2. The summed E-state index contributed by atoms with van der Waals surface area (Å²) in [6, 6.07) is 24.1. The van der Waals surface area contributed by atoms with Crippen molar-refractivity contribution >= 4 is 66.5 Å². The summed E-state index contributed by atoms with van der Waals surface area (Å²) in [5, 5.41) is 22.8. The third-order valence-corrected chi connectivity index (χ3v) is 8.91. The number of anilines is 1. The van der Waals surface area contributed by atoms with Crippen molar-refractivity contribution in [2.24, 2.45) is 0 Å². The van der Waals surface area contributed by atoms with Crippen LogP contribution in [0.25, 0.3) is 66.3 Å². The molecule has 7 aromatic rings. The molecule has 8 heteroatoms. The number of carbonyl (C=O) groups is 1. The fourth-order valence-electron chi connectivity index (χ4n) is 6.63. The third kappa shape index (κ3) is 5.02. The highest BCUT2D eigenvalue weighted by molar-refractivity contribution is 6.34. The Bertz CT molecular complexity index is 2260. The summed E-state index contributed by atoms with van der Waals surface area (Å²) in [5.74, 6) is -0.386. The molecular weight excluding hydrogens is 576 g/mol. The lowest BCUT2D eigenvalue weighted by Gasteiger charge is -2.24. The van der Waals surface area contributed by atoms with Crippen molar-refractivity contribution in [1.29, 1.82) is 5.26 Å². The molecule has 0 bridgehead atoms. The van der Waals surface area contributed by atoms with E-state index < -0.39 is 5.97 Å². The Labute approximate surface area is 266 Å². The molecule has 3 aromatic heterocycles. The number of fused-ring (bicyclic) bond motifs is 10. The smallest absolute Gasteiger partial charge is 0.303 e. The summed E-state index contributed by atoms with van der Waals surface area (Å²) in [7, 11) is 0. The van der Waals surface area contributed by atoms with Crippen molar-refractivity contribution < 1.29 is 18.7 Å². The van der Waals surface area contributed by atoms with E-state index in [0.29, 0.717) is 41.1 Å². The number of furan rings is 1. The number of para-hydroxylation sites is 1. The van der Waals surface area contributed by atoms with Gasteiger partial charge in [0.15, 0.2) is 5.58 Å². The summed E-state index contributed by atoms with van der Waals surface area (Å²) in [5.41, 5.74) is 7.02. The quantitative estimate of drug-likeness (QED) is 0.146. The summed E-state index contributed by atoms with van der Waals surface area (Å²) in [6.07, 6.45) is 5.06. The predicted molar refractivity (Wildman–Crippen MR) is 183 cm³/mol. The highest BCUT2D eigenvalue weighted by Crippen LogP contribution is 2.46. The molecule has 0 saturated carbocycles. The molecule has 232 valence electrons. The first-order valence-corrected chi connectivity index (χ1v) is 16.2. The molecule has 0 fully saturated rings. The molecule has 0 atom stereocenters. The fourth-order valence-corrected chi connectivity index (χ4v) is 6.63. The van der Waals surface area contributed by atoms with Crippen LogP contribution in [0.3, 0.4) is 0 Å². The van der Waals surface area contributed by atoms with Gasteiger partial charge in [0.05, 0.1) is 17.1 Å². The molecule has 0 aliphatic rings. The molecule has 4 aromatic carbocycles. The lowest BCUT2D eigenvalue weighted by atomic mass is 10.0. The van der Waals surface area contributed by atoms with Crippen molar-refractivity contribution in [3.8, 4) is 17.5 Å². The second kappa shape index (κ2) is 12.2. The first kappa shape index (κ1) is 29.4. The van der Waals surface area contributed by atoms with Gasteiger partial charge in [-0.05, 0) is 61.7 Å². The van der Waals surface area contributed by atoms with Crippen LogP contribution in [0.15, 0.2) is 75.6 Å². The van der Waals surface area contributed by atoms with Gasteiger partial charge < -0.3 is 23.4 Å². The Balaban J connectivity index is 1.53. The van der Waals surface area contributed by atoms with E-state index in [1.165, 1.54) is 0 Å². The lowest BCUT2D eigenvalue weighted by Crippen LogP contribution is -2.25. The Hall–Kier alpha value is -5.29. The van der Waals surface area contributed by atoms with E-state index in [2.05, 4.69) is 59.7 Å². The van der Waals surface area contributed by atoms with Crippen LogP contribution in [-0.2, 0) is 11.3 Å². The van der Waals surface area contributed by atoms with Crippen LogP contribution in [0.5, 0.6) is 0 Å². The number of rotatable bonds is 12. The van der Waals surface area contributed by atoms with Crippen LogP contribution in [0.2, 0.25) is 0 Å². The Morgan fingerprint density at radius 2 is 1.67 bits per heavy atom. The zero-order chi connectivity index (χ0) is 31.8. The number of benzene rings is 4. The van der Waals surface area contributed by atoms with Crippen LogP contribution in [0, 0.1) is 11.3 Å². The average molecular weight is 613 g/mol.